The lowest BCUT2D eigenvalue weighted by Gasteiger charge is -2.16. The molecule has 0 heterocycles. The monoisotopic (exact) mass is 256 g/mol. The van der Waals surface area contributed by atoms with Crippen molar-refractivity contribution < 1.29 is 0 Å². The number of benzene rings is 1. The van der Waals surface area contributed by atoms with Gasteiger partial charge in [-0.25, -0.2) is 0 Å². The summed E-state index contributed by atoms with van der Waals surface area (Å²) in [6.07, 6.45) is 5.06. The molecule has 0 bridgehead atoms. The molecule has 4 heteroatoms. The number of rotatable bonds is 3. The summed E-state index contributed by atoms with van der Waals surface area (Å²) >= 11 is 0. The Kier molecular flexibility index (Phi) is 4.79. The Hall–Kier alpha value is -2.02. The fourth-order valence-corrected chi connectivity index (χ4v) is 2.39. The molecule has 4 nitrogen and oxygen atoms in total. The van der Waals surface area contributed by atoms with E-state index in [4.69, 9.17) is 5.26 Å². The smallest absolute Gasteiger partial charge is 0.191 e. The average Bonchev–Trinajstić information content (AvgIpc) is 2.96. The summed E-state index contributed by atoms with van der Waals surface area (Å²) in [5.74, 6) is 0.842. The van der Waals surface area contributed by atoms with Gasteiger partial charge in [0.2, 0.25) is 0 Å². The van der Waals surface area contributed by atoms with E-state index < -0.39 is 0 Å². The molecule has 100 valence electrons. The predicted octanol–water partition coefficient (Wildman–Crippen LogP) is 2.17. The first kappa shape index (κ1) is 13.4. The summed E-state index contributed by atoms with van der Waals surface area (Å²) < 4.78 is 0. The van der Waals surface area contributed by atoms with Crippen molar-refractivity contribution in [3.8, 4) is 6.07 Å². The van der Waals surface area contributed by atoms with Crippen LogP contribution in [0.3, 0.4) is 0 Å². The largest absolute Gasteiger partial charge is 0.354 e. The minimum absolute atomic E-state index is 0.552. The highest BCUT2D eigenvalue weighted by Gasteiger charge is 2.15. The molecule has 1 aromatic carbocycles. The van der Waals surface area contributed by atoms with Gasteiger partial charge in [-0.2, -0.15) is 5.26 Å². The number of aliphatic imine (C=N–C) groups is 1. The number of nitrogens with one attached hydrogen (secondary N) is 2. The van der Waals surface area contributed by atoms with E-state index in [1.165, 1.54) is 25.7 Å². The number of hydrogen-bond donors (Lipinski definition) is 2. The molecule has 1 aliphatic carbocycles. The fourth-order valence-electron chi connectivity index (χ4n) is 2.39. The molecule has 0 aromatic heterocycles. The maximum atomic E-state index is 8.87. The van der Waals surface area contributed by atoms with Gasteiger partial charge in [-0.05, 0) is 30.5 Å². The van der Waals surface area contributed by atoms with E-state index in [9.17, 15) is 0 Å². The number of hydrogen-bond acceptors (Lipinski definition) is 2. The van der Waals surface area contributed by atoms with Crippen molar-refractivity contribution in [2.24, 2.45) is 4.99 Å². The Bertz CT molecular complexity index is 481. The van der Waals surface area contributed by atoms with E-state index in [1.807, 2.05) is 24.3 Å². The molecule has 1 saturated carbocycles. The van der Waals surface area contributed by atoms with Crippen molar-refractivity contribution in [2.75, 3.05) is 7.05 Å². The van der Waals surface area contributed by atoms with Crippen molar-refractivity contribution in [3.05, 3.63) is 35.4 Å². The van der Waals surface area contributed by atoms with Gasteiger partial charge in [-0.15, -0.1) is 0 Å². The molecule has 0 atom stereocenters. The van der Waals surface area contributed by atoms with Crippen LogP contribution in [-0.4, -0.2) is 19.0 Å². The first-order valence-electron chi connectivity index (χ1n) is 6.78. The van der Waals surface area contributed by atoms with E-state index >= 15 is 0 Å². The Morgan fingerprint density at radius 3 is 2.89 bits per heavy atom. The molecule has 0 radical (unpaired) electrons. The Morgan fingerprint density at radius 1 is 1.42 bits per heavy atom. The molecule has 0 amide bonds. The quantitative estimate of drug-likeness (QED) is 0.643. The summed E-state index contributed by atoms with van der Waals surface area (Å²) in [6.45, 7) is 0.682. The molecular formula is C15H20N4. The van der Waals surface area contributed by atoms with Gasteiger partial charge in [0.15, 0.2) is 5.96 Å². The lowest BCUT2D eigenvalue weighted by Crippen LogP contribution is -2.41. The molecule has 1 fully saturated rings. The summed E-state index contributed by atoms with van der Waals surface area (Å²) in [7, 11) is 1.79. The maximum Gasteiger partial charge on any atom is 0.191 e. The third-order valence-corrected chi connectivity index (χ3v) is 3.44. The van der Waals surface area contributed by atoms with Crippen LogP contribution in [0.5, 0.6) is 0 Å². The van der Waals surface area contributed by atoms with Gasteiger partial charge in [-0.3, -0.25) is 4.99 Å². The van der Waals surface area contributed by atoms with Crippen molar-refractivity contribution in [1.82, 2.24) is 10.6 Å². The first-order valence-corrected chi connectivity index (χ1v) is 6.78. The second-order valence-corrected chi connectivity index (χ2v) is 4.86. The maximum absolute atomic E-state index is 8.87. The molecule has 2 N–H and O–H groups in total. The van der Waals surface area contributed by atoms with Crippen LogP contribution in [0.1, 0.15) is 36.8 Å². The van der Waals surface area contributed by atoms with Gasteiger partial charge in [0, 0.05) is 19.6 Å². The number of nitrogens with zero attached hydrogens (tertiary/aromatic N) is 2. The molecule has 19 heavy (non-hydrogen) atoms. The van der Waals surface area contributed by atoms with Crippen LogP contribution < -0.4 is 10.6 Å². The third kappa shape index (κ3) is 3.99. The summed E-state index contributed by atoms with van der Waals surface area (Å²) in [6, 6.07) is 10.3. The second kappa shape index (κ2) is 6.79. The normalized spacial score (nSPS) is 16.1. The molecule has 1 aromatic rings. The zero-order valence-corrected chi connectivity index (χ0v) is 11.3. The molecular weight excluding hydrogens is 236 g/mol. The molecule has 1 aliphatic rings. The lowest BCUT2D eigenvalue weighted by atomic mass is 10.1. The molecule has 0 saturated heterocycles. The SMILES string of the molecule is CN=C(NCc1cccc(C#N)c1)NC1CCCC1. The summed E-state index contributed by atoms with van der Waals surface area (Å²) in [5, 5.41) is 15.6. The van der Waals surface area contributed by atoms with Gasteiger partial charge in [0.25, 0.3) is 0 Å². The highest BCUT2D eigenvalue weighted by atomic mass is 15.2. The molecule has 0 unspecified atom stereocenters. The fraction of sp³-hybridized carbons (Fsp3) is 0.467. The molecule has 0 spiro atoms. The highest BCUT2D eigenvalue weighted by molar-refractivity contribution is 5.79. The van der Waals surface area contributed by atoms with Gasteiger partial charge in [0.1, 0.15) is 0 Å². The molecule has 0 aliphatic heterocycles. The number of guanidine groups is 1. The van der Waals surface area contributed by atoms with E-state index in [0.29, 0.717) is 18.2 Å². The van der Waals surface area contributed by atoms with E-state index in [1.54, 1.807) is 7.05 Å². The van der Waals surface area contributed by atoms with Crippen LogP contribution >= 0.6 is 0 Å². The number of nitriles is 1. The van der Waals surface area contributed by atoms with Crippen LogP contribution in [0.15, 0.2) is 29.3 Å². The van der Waals surface area contributed by atoms with E-state index in [2.05, 4.69) is 21.7 Å². The summed E-state index contributed by atoms with van der Waals surface area (Å²) in [5.41, 5.74) is 1.78. The van der Waals surface area contributed by atoms with Gasteiger partial charge >= 0.3 is 0 Å². The predicted molar refractivity (Wildman–Crippen MR) is 76.7 cm³/mol. The minimum atomic E-state index is 0.552. The third-order valence-electron chi connectivity index (χ3n) is 3.44. The minimum Gasteiger partial charge on any atom is -0.354 e. The zero-order chi connectivity index (χ0) is 13.5. The molecule has 2 rings (SSSR count). The van der Waals surface area contributed by atoms with Crippen molar-refractivity contribution >= 4 is 5.96 Å². The Labute approximate surface area is 114 Å². The van der Waals surface area contributed by atoms with E-state index in [0.717, 1.165) is 11.5 Å². The van der Waals surface area contributed by atoms with Crippen LogP contribution in [0.2, 0.25) is 0 Å². The van der Waals surface area contributed by atoms with Crippen molar-refractivity contribution in [2.45, 2.75) is 38.3 Å². The lowest BCUT2D eigenvalue weighted by molar-refractivity contribution is 0.613. The highest BCUT2D eigenvalue weighted by Crippen LogP contribution is 2.17. The Balaban J connectivity index is 1.87. The van der Waals surface area contributed by atoms with Gasteiger partial charge in [-0.1, -0.05) is 25.0 Å². The average molecular weight is 256 g/mol. The first-order chi connectivity index (χ1) is 9.31. The zero-order valence-electron chi connectivity index (χ0n) is 11.3. The van der Waals surface area contributed by atoms with Crippen LogP contribution in [0.4, 0.5) is 0 Å². The van der Waals surface area contributed by atoms with E-state index in [-0.39, 0.29) is 0 Å². The standard InChI is InChI=1S/C15H20N4/c1-17-15(19-14-7-2-3-8-14)18-11-13-6-4-5-12(9-13)10-16/h4-6,9,14H,2-3,7-8,11H2,1H3,(H2,17,18,19). The van der Waals surface area contributed by atoms with Crippen molar-refractivity contribution in [3.63, 3.8) is 0 Å². The Morgan fingerprint density at radius 2 is 2.21 bits per heavy atom. The summed E-state index contributed by atoms with van der Waals surface area (Å²) in [4.78, 5) is 4.24. The van der Waals surface area contributed by atoms with Crippen LogP contribution in [-0.2, 0) is 6.54 Å². The van der Waals surface area contributed by atoms with Gasteiger partial charge < -0.3 is 10.6 Å². The topological polar surface area (TPSA) is 60.2 Å². The van der Waals surface area contributed by atoms with Crippen LogP contribution in [0.25, 0.3) is 0 Å². The van der Waals surface area contributed by atoms with Crippen molar-refractivity contribution in [1.29, 1.82) is 5.26 Å². The van der Waals surface area contributed by atoms with Gasteiger partial charge in [0.05, 0.1) is 11.6 Å². The second-order valence-electron chi connectivity index (χ2n) is 4.86. The van der Waals surface area contributed by atoms with Crippen LogP contribution in [0, 0.1) is 11.3 Å².